The monoisotopic (exact) mass is 436 g/mol. The van der Waals surface area contributed by atoms with Crippen molar-refractivity contribution < 1.29 is 4.79 Å². The number of nitrogens with zero attached hydrogens (tertiary/aromatic N) is 3. The molecule has 0 saturated carbocycles. The van der Waals surface area contributed by atoms with Crippen LogP contribution < -0.4 is 5.32 Å². The third-order valence-corrected chi connectivity index (χ3v) is 5.92. The topological polar surface area (TPSA) is 89.7 Å². The number of aryl methyl sites for hydroxylation is 1. The van der Waals surface area contributed by atoms with Gasteiger partial charge >= 0.3 is 0 Å². The number of H-pyrrole nitrogens is 2. The molecule has 4 heterocycles. The predicted molar refractivity (Wildman–Crippen MR) is 117 cm³/mol. The second-order valence-corrected chi connectivity index (χ2v) is 7.60. The summed E-state index contributed by atoms with van der Waals surface area (Å²) < 4.78 is 0. The molecule has 1 fully saturated rings. The Kier molecular flexibility index (Phi) is 6.51. The maximum Gasteiger partial charge on any atom is 0.246 e. The Bertz CT molecular complexity index is 992. The number of rotatable bonds is 2. The van der Waals surface area contributed by atoms with Crippen LogP contribution in [0.4, 0.5) is 0 Å². The maximum absolute atomic E-state index is 13.0. The van der Waals surface area contributed by atoms with Crippen LogP contribution in [0, 0.1) is 6.92 Å². The molecule has 3 N–H and O–H groups in total. The first-order valence-corrected chi connectivity index (χ1v) is 9.70. The fourth-order valence-corrected chi connectivity index (χ4v) is 4.37. The van der Waals surface area contributed by atoms with E-state index in [0.717, 1.165) is 67.1 Å². The number of amides is 1. The Morgan fingerprint density at radius 1 is 1.21 bits per heavy atom. The van der Waals surface area contributed by atoms with Gasteiger partial charge in [-0.3, -0.25) is 4.79 Å². The number of nitrogens with one attached hydrogen (secondary N) is 3. The van der Waals surface area contributed by atoms with Gasteiger partial charge < -0.3 is 20.2 Å². The number of aromatic nitrogens is 4. The van der Waals surface area contributed by atoms with Crippen LogP contribution >= 0.6 is 24.8 Å². The lowest BCUT2D eigenvalue weighted by atomic mass is 9.95. The van der Waals surface area contributed by atoms with Crippen molar-refractivity contribution in [1.29, 1.82) is 0 Å². The van der Waals surface area contributed by atoms with Gasteiger partial charge in [0.25, 0.3) is 0 Å². The molecule has 1 amide bonds. The van der Waals surface area contributed by atoms with E-state index >= 15 is 0 Å². The van der Waals surface area contributed by atoms with Gasteiger partial charge in [0.2, 0.25) is 5.91 Å². The Morgan fingerprint density at radius 3 is 2.76 bits per heavy atom. The number of piperidine rings is 1. The molecule has 1 saturated heterocycles. The highest BCUT2D eigenvalue weighted by Crippen LogP contribution is 2.30. The summed E-state index contributed by atoms with van der Waals surface area (Å²) in [6.07, 6.45) is 4.45. The van der Waals surface area contributed by atoms with Crippen LogP contribution in [0.1, 0.15) is 47.6 Å². The molecule has 1 atom stereocenters. The molecule has 2 aliphatic rings. The van der Waals surface area contributed by atoms with Crippen LogP contribution in [-0.2, 0) is 11.2 Å². The molecule has 9 heteroatoms. The molecule has 0 bridgehead atoms. The number of imidazole rings is 2. The Morgan fingerprint density at radius 2 is 2.00 bits per heavy atom. The van der Waals surface area contributed by atoms with Crippen molar-refractivity contribution in [1.82, 2.24) is 30.2 Å². The summed E-state index contributed by atoms with van der Waals surface area (Å²) in [5.74, 6) is 1.57. The van der Waals surface area contributed by atoms with Gasteiger partial charge in [-0.1, -0.05) is 12.1 Å². The number of fused-ring (bicyclic) bond motifs is 2. The van der Waals surface area contributed by atoms with Gasteiger partial charge in [-0.15, -0.1) is 24.8 Å². The van der Waals surface area contributed by atoms with Gasteiger partial charge in [0.05, 0.1) is 23.1 Å². The summed E-state index contributed by atoms with van der Waals surface area (Å²) in [4.78, 5) is 30.8. The lowest BCUT2D eigenvalue weighted by Gasteiger charge is -2.34. The number of carbonyl (C=O) groups excluding carboxylic acids is 1. The SMILES string of the molecule is Cc1cccc2[nH]c(C3CCN(C(=O)C4NCCc5[nH]cnc54)CC3)nc12.Cl.Cl. The van der Waals surface area contributed by atoms with Gasteiger partial charge in [-0.25, -0.2) is 9.97 Å². The summed E-state index contributed by atoms with van der Waals surface area (Å²) in [5, 5.41) is 3.33. The van der Waals surface area contributed by atoms with Gasteiger partial charge in [0.15, 0.2) is 0 Å². The van der Waals surface area contributed by atoms with Gasteiger partial charge in [-0.2, -0.15) is 0 Å². The van der Waals surface area contributed by atoms with Crippen molar-refractivity contribution in [2.45, 2.75) is 38.1 Å². The lowest BCUT2D eigenvalue weighted by molar-refractivity contribution is -0.135. The first-order valence-electron chi connectivity index (χ1n) is 9.70. The van der Waals surface area contributed by atoms with Crippen LogP contribution in [0.5, 0.6) is 0 Å². The molecule has 0 aliphatic carbocycles. The molecule has 2 aromatic heterocycles. The van der Waals surface area contributed by atoms with Gasteiger partial charge in [-0.05, 0) is 31.4 Å². The first-order chi connectivity index (χ1) is 13.2. The molecule has 7 nitrogen and oxygen atoms in total. The molecule has 2 aliphatic heterocycles. The summed E-state index contributed by atoms with van der Waals surface area (Å²) in [5.41, 5.74) is 5.30. The van der Waals surface area contributed by atoms with Gasteiger partial charge in [0, 0.05) is 37.7 Å². The highest BCUT2D eigenvalue weighted by atomic mass is 35.5. The van der Waals surface area contributed by atoms with Crippen molar-refractivity contribution in [2.24, 2.45) is 0 Å². The van der Waals surface area contributed by atoms with Crippen LogP contribution in [0.15, 0.2) is 24.5 Å². The maximum atomic E-state index is 13.0. The van der Waals surface area contributed by atoms with Crippen molar-refractivity contribution in [3.05, 3.63) is 47.3 Å². The molecule has 3 aromatic rings. The summed E-state index contributed by atoms with van der Waals surface area (Å²) in [7, 11) is 0. The van der Waals surface area contributed by atoms with E-state index in [1.807, 2.05) is 4.90 Å². The third-order valence-electron chi connectivity index (χ3n) is 5.92. The minimum atomic E-state index is -0.314. The highest BCUT2D eigenvalue weighted by molar-refractivity contribution is 5.85. The molecule has 0 spiro atoms. The van der Waals surface area contributed by atoms with E-state index in [2.05, 4.69) is 45.4 Å². The summed E-state index contributed by atoms with van der Waals surface area (Å²) in [6, 6.07) is 5.91. The molecule has 0 radical (unpaired) electrons. The van der Waals surface area contributed by atoms with Crippen LogP contribution in [-0.4, -0.2) is 50.4 Å². The molecule has 156 valence electrons. The molecule has 1 aromatic carbocycles. The second-order valence-electron chi connectivity index (χ2n) is 7.60. The average molecular weight is 437 g/mol. The number of likely N-dealkylation sites (tertiary alicyclic amines) is 1. The van der Waals surface area contributed by atoms with E-state index in [-0.39, 0.29) is 36.8 Å². The largest absolute Gasteiger partial charge is 0.348 e. The number of hydrogen-bond donors (Lipinski definition) is 3. The van der Waals surface area contributed by atoms with Crippen molar-refractivity contribution in [3.8, 4) is 0 Å². The summed E-state index contributed by atoms with van der Waals surface area (Å²) in [6.45, 7) is 4.42. The van der Waals surface area contributed by atoms with E-state index in [9.17, 15) is 4.79 Å². The Balaban J connectivity index is 0.00000120. The van der Waals surface area contributed by atoms with Crippen molar-refractivity contribution >= 4 is 41.8 Å². The van der Waals surface area contributed by atoms with E-state index in [4.69, 9.17) is 4.98 Å². The van der Waals surface area contributed by atoms with E-state index in [1.54, 1.807) is 6.33 Å². The fraction of sp³-hybridized carbons (Fsp3) is 0.450. The van der Waals surface area contributed by atoms with Gasteiger partial charge in [0.1, 0.15) is 11.9 Å². The molecular formula is C20H26Cl2N6O. The minimum Gasteiger partial charge on any atom is -0.348 e. The quantitative estimate of drug-likeness (QED) is 0.575. The number of aromatic amines is 2. The number of para-hydroxylation sites is 1. The smallest absolute Gasteiger partial charge is 0.246 e. The van der Waals surface area contributed by atoms with Crippen molar-refractivity contribution in [3.63, 3.8) is 0 Å². The zero-order valence-corrected chi connectivity index (χ0v) is 17.9. The first kappa shape index (κ1) is 21.6. The zero-order valence-electron chi connectivity index (χ0n) is 16.3. The van der Waals surface area contributed by atoms with Crippen molar-refractivity contribution in [2.75, 3.05) is 19.6 Å². The Hall–Kier alpha value is -2.09. The third kappa shape index (κ3) is 3.86. The average Bonchev–Trinajstić information content (AvgIpc) is 3.35. The molecule has 5 rings (SSSR count). The fourth-order valence-electron chi connectivity index (χ4n) is 4.37. The zero-order chi connectivity index (χ0) is 18.4. The molecule has 29 heavy (non-hydrogen) atoms. The Labute approximate surface area is 181 Å². The standard InChI is InChI=1S/C20H24N6O.2ClH/c1-12-3-2-4-15-16(12)25-19(24-15)13-6-9-26(10-7-13)20(27)18-17-14(5-8-21-18)22-11-23-17;;/h2-4,11,13,18,21H,5-10H2,1H3,(H,22,23)(H,24,25);2*1H. The lowest BCUT2D eigenvalue weighted by Crippen LogP contribution is -2.46. The summed E-state index contributed by atoms with van der Waals surface area (Å²) >= 11 is 0. The number of halogens is 2. The predicted octanol–water partition coefficient (Wildman–Crippen LogP) is 3.03. The van der Waals surface area contributed by atoms with E-state index in [0.29, 0.717) is 5.92 Å². The van der Waals surface area contributed by atoms with Crippen LogP contribution in [0.2, 0.25) is 0 Å². The minimum absolute atomic E-state index is 0. The normalized spacial score (nSPS) is 19.3. The number of hydrogen-bond acceptors (Lipinski definition) is 4. The van der Waals surface area contributed by atoms with E-state index in [1.165, 1.54) is 5.56 Å². The number of benzene rings is 1. The van der Waals surface area contributed by atoms with Crippen LogP contribution in [0.3, 0.4) is 0 Å². The van der Waals surface area contributed by atoms with E-state index < -0.39 is 0 Å². The van der Waals surface area contributed by atoms with Crippen LogP contribution in [0.25, 0.3) is 11.0 Å². The molecular weight excluding hydrogens is 411 g/mol. The second kappa shape index (κ2) is 8.73. The molecule has 1 unspecified atom stereocenters. The number of carbonyl (C=O) groups is 1. The highest BCUT2D eigenvalue weighted by Gasteiger charge is 2.34.